The van der Waals surface area contributed by atoms with E-state index in [0.29, 0.717) is 12.0 Å². The van der Waals surface area contributed by atoms with E-state index >= 15 is 0 Å². The summed E-state index contributed by atoms with van der Waals surface area (Å²) < 4.78 is 5.38. The van der Waals surface area contributed by atoms with Crippen molar-refractivity contribution in [3.8, 4) is 0 Å². The molecule has 1 aromatic heterocycles. The largest absolute Gasteiger partial charge is 0.367 e. The van der Waals surface area contributed by atoms with Crippen LogP contribution < -0.4 is 0 Å². The molecule has 1 rings (SSSR count). The molecule has 0 saturated carbocycles. The van der Waals surface area contributed by atoms with Crippen molar-refractivity contribution in [2.45, 2.75) is 25.0 Å². The Kier molecular flexibility index (Phi) is 5.27. The highest BCUT2D eigenvalue weighted by Crippen LogP contribution is 2.28. The number of aromatic nitrogens is 1. The van der Waals surface area contributed by atoms with Crippen LogP contribution in [0.2, 0.25) is 0 Å². The lowest BCUT2D eigenvalue weighted by molar-refractivity contribution is 0.121. The lowest BCUT2D eigenvalue weighted by atomic mass is 10.5. The SMILES string of the molecule is CC(C)OCSSc1ccccn1. The number of nitrogens with zero attached hydrogens (tertiary/aromatic N) is 1. The zero-order chi connectivity index (χ0) is 9.52. The van der Waals surface area contributed by atoms with Gasteiger partial charge in [-0.05, 0) is 36.8 Å². The van der Waals surface area contributed by atoms with Crippen LogP contribution in [0.1, 0.15) is 13.8 Å². The molecule has 0 radical (unpaired) electrons. The highest BCUT2D eigenvalue weighted by molar-refractivity contribution is 8.76. The molecule has 0 aromatic carbocycles. The molecule has 0 unspecified atom stereocenters. The summed E-state index contributed by atoms with van der Waals surface area (Å²) in [4.78, 5) is 4.18. The fourth-order valence-electron chi connectivity index (χ4n) is 0.645. The second-order valence-corrected chi connectivity index (χ2v) is 4.97. The fraction of sp³-hybridized carbons (Fsp3) is 0.444. The first-order valence-electron chi connectivity index (χ1n) is 4.11. The first-order valence-corrected chi connectivity index (χ1v) is 6.43. The Hall–Kier alpha value is -0.190. The molecule has 2 nitrogen and oxygen atoms in total. The summed E-state index contributed by atoms with van der Waals surface area (Å²) >= 11 is 0. The Labute approximate surface area is 86.9 Å². The van der Waals surface area contributed by atoms with Gasteiger partial charge in [0.25, 0.3) is 0 Å². The standard InChI is InChI=1S/C9H13NOS2/c1-8(2)11-7-12-13-9-5-3-4-6-10-9/h3-6,8H,7H2,1-2H3. The van der Waals surface area contributed by atoms with E-state index in [1.165, 1.54) is 0 Å². The molecule has 0 aliphatic heterocycles. The number of hydrogen-bond donors (Lipinski definition) is 0. The van der Waals surface area contributed by atoms with Crippen LogP contribution >= 0.6 is 21.6 Å². The molecule has 0 atom stereocenters. The molecule has 1 heterocycles. The van der Waals surface area contributed by atoms with Crippen LogP contribution in [-0.4, -0.2) is 17.0 Å². The van der Waals surface area contributed by atoms with Crippen molar-refractivity contribution in [2.24, 2.45) is 0 Å². The average molecular weight is 215 g/mol. The van der Waals surface area contributed by atoms with Gasteiger partial charge >= 0.3 is 0 Å². The van der Waals surface area contributed by atoms with Gasteiger partial charge in [-0.1, -0.05) is 16.9 Å². The molecular formula is C9H13NOS2. The summed E-state index contributed by atoms with van der Waals surface area (Å²) in [5.74, 6) is 0.707. The zero-order valence-corrected chi connectivity index (χ0v) is 9.40. The van der Waals surface area contributed by atoms with Gasteiger partial charge < -0.3 is 4.74 Å². The maximum Gasteiger partial charge on any atom is 0.107 e. The Morgan fingerprint density at radius 3 is 2.92 bits per heavy atom. The zero-order valence-electron chi connectivity index (χ0n) is 7.77. The van der Waals surface area contributed by atoms with Crippen LogP contribution in [0, 0.1) is 0 Å². The summed E-state index contributed by atoms with van der Waals surface area (Å²) in [6.45, 7) is 4.07. The van der Waals surface area contributed by atoms with Gasteiger partial charge in [0.05, 0.1) is 6.10 Å². The maximum atomic E-state index is 5.38. The quantitative estimate of drug-likeness (QED) is 0.427. The van der Waals surface area contributed by atoms with Gasteiger partial charge in [-0.3, -0.25) is 0 Å². The molecule has 4 heteroatoms. The second-order valence-electron chi connectivity index (χ2n) is 2.70. The van der Waals surface area contributed by atoms with Crippen molar-refractivity contribution in [2.75, 3.05) is 5.94 Å². The van der Waals surface area contributed by atoms with Crippen LogP contribution in [0.15, 0.2) is 29.4 Å². The van der Waals surface area contributed by atoms with Crippen molar-refractivity contribution >= 4 is 21.6 Å². The van der Waals surface area contributed by atoms with Crippen LogP contribution in [0.3, 0.4) is 0 Å². The first-order chi connectivity index (χ1) is 6.29. The molecule has 0 fully saturated rings. The lowest BCUT2D eigenvalue weighted by Gasteiger charge is -2.05. The smallest absolute Gasteiger partial charge is 0.107 e. The molecular weight excluding hydrogens is 202 g/mol. The van der Waals surface area contributed by atoms with E-state index in [-0.39, 0.29) is 0 Å². The molecule has 72 valence electrons. The minimum absolute atomic E-state index is 0.303. The van der Waals surface area contributed by atoms with Crippen molar-refractivity contribution in [1.82, 2.24) is 4.98 Å². The number of rotatable bonds is 5. The first kappa shape index (κ1) is 10.9. The number of pyridine rings is 1. The third-order valence-corrected chi connectivity index (χ3v) is 3.15. The molecule has 0 aliphatic rings. The number of ether oxygens (including phenoxy) is 1. The summed E-state index contributed by atoms with van der Waals surface area (Å²) in [6.07, 6.45) is 2.10. The summed E-state index contributed by atoms with van der Waals surface area (Å²) in [5, 5.41) is 1.03. The number of hydrogen-bond acceptors (Lipinski definition) is 4. The average Bonchev–Trinajstić information content (AvgIpc) is 2.14. The Balaban J connectivity index is 2.13. The normalized spacial score (nSPS) is 10.7. The van der Waals surface area contributed by atoms with Gasteiger partial charge in [-0.25, -0.2) is 4.98 Å². The van der Waals surface area contributed by atoms with Crippen molar-refractivity contribution in [1.29, 1.82) is 0 Å². The Morgan fingerprint density at radius 1 is 1.46 bits per heavy atom. The van der Waals surface area contributed by atoms with E-state index in [1.807, 2.05) is 32.0 Å². The van der Waals surface area contributed by atoms with Crippen molar-refractivity contribution in [3.63, 3.8) is 0 Å². The Bertz CT molecular complexity index is 228. The van der Waals surface area contributed by atoms with Gasteiger partial charge in [0.1, 0.15) is 11.0 Å². The van der Waals surface area contributed by atoms with E-state index in [0.717, 1.165) is 5.03 Å². The monoisotopic (exact) mass is 215 g/mol. The van der Waals surface area contributed by atoms with E-state index < -0.39 is 0 Å². The highest BCUT2D eigenvalue weighted by Gasteiger charge is 1.96. The fourth-order valence-corrected chi connectivity index (χ4v) is 2.35. The molecule has 0 aliphatic carbocycles. The van der Waals surface area contributed by atoms with Crippen LogP contribution in [0.4, 0.5) is 0 Å². The van der Waals surface area contributed by atoms with E-state index in [1.54, 1.807) is 27.8 Å². The van der Waals surface area contributed by atoms with Gasteiger partial charge in [-0.2, -0.15) is 0 Å². The molecule has 0 saturated heterocycles. The molecule has 0 amide bonds. The van der Waals surface area contributed by atoms with Crippen LogP contribution in [0.25, 0.3) is 0 Å². The second kappa shape index (κ2) is 6.29. The van der Waals surface area contributed by atoms with Gasteiger partial charge in [0, 0.05) is 6.20 Å². The lowest BCUT2D eigenvalue weighted by Crippen LogP contribution is -1.99. The Morgan fingerprint density at radius 2 is 2.31 bits per heavy atom. The highest BCUT2D eigenvalue weighted by atomic mass is 33.1. The van der Waals surface area contributed by atoms with E-state index in [9.17, 15) is 0 Å². The maximum absolute atomic E-state index is 5.38. The van der Waals surface area contributed by atoms with Crippen LogP contribution in [0.5, 0.6) is 0 Å². The molecule has 0 N–H and O–H groups in total. The van der Waals surface area contributed by atoms with Gasteiger partial charge in [-0.15, -0.1) is 0 Å². The third-order valence-electron chi connectivity index (χ3n) is 1.23. The van der Waals surface area contributed by atoms with Gasteiger partial charge in [0.15, 0.2) is 0 Å². The minimum Gasteiger partial charge on any atom is -0.367 e. The van der Waals surface area contributed by atoms with Crippen molar-refractivity contribution in [3.05, 3.63) is 24.4 Å². The topological polar surface area (TPSA) is 22.1 Å². The van der Waals surface area contributed by atoms with E-state index in [2.05, 4.69) is 4.98 Å². The third kappa shape index (κ3) is 5.18. The summed E-state index contributed by atoms with van der Waals surface area (Å²) in [7, 11) is 3.31. The molecule has 0 bridgehead atoms. The summed E-state index contributed by atoms with van der Waals surface area (Å²) in [5.41, 5.74) is 0. The molecule has 13 heavy (non-hydrogen) atoms. The van der Waals surface area contributed by atoms with Crippen molar-refractivity contribution < 1.29 is 4.74 Å². The van der Waals surface area contributed by atoms with E-state index in [4.69, 9.17) is 4.74 Å². The van der Waals surface area contributed by atoms with Gasteiger partial charge in [0.2, 0.25) is 0 Å². The summed E-state index contributed by atoms with van der Waals surface area (Å²) in [6, 6.07) is 5.89. The minimum atomic E-state index is 0.303. The predicted octanol–water partition coefficient (Wildman–Crippen LogP) is 3.20. The molecule has 1 aromatic rings. The predicted molar refractivity (Wildman–Crippen MR) is 58.8 cm³/mol. The molecule has 0 spiro atoms. The van der Waals surface area contributed by atoms with Crippen LogP contribution in [-0.2, 0) is 4.74 Å².